The van der Waals surface area contributed by atoms with E-state index in [4.69, 9.17) is 5.73 Å². The molecule has 0 aromatic carbocycles. The molecule has 0 radical (unpaired) electrons. The van der Waals surface area contributed by atoms with E-state index in [9.17, 15) is 8.42 Å². The first-order valence-electron chi connectivity index (χ1n) is 6.76. The van der Waals surface area contributed by atoms with Gasteiger partial charge < -0.3 is 11.1 Å². The van der Waals surface area contributed by atoms with E-state index in [-0.39, 0.29) is 12.3 Å². The smallest absolute Gasteiger partial charge is 0.215 e. The van der Waals surface area contributed by atoms with Crippen LogP contribution in [0.25, 0.3) is 0 Å². The van der Waals surface area contributed by atoms with Gasteiger partial charge in [-0.3, -0.25) is 0 Å². The van der Waals surface area contributed by atoms with Crippen LogP contribution < -0.4 is 11.1 Å². The number of aromatic nitrogens is 2. The Morgan fingerprint density at radius 3 is 2.71 bits per heavy atom. The first-order valence-corrected chi connectivity index (χ1v) is 9.36. The van der Waals surface area contributed by atoms with E-state index in [1.807, 2.05) is 0 Å². The van der Waals surface area contributed by atoms with Crippen LogP contribution >= 0.6 is 11.8 Å². The number of anilines is 2. The second kappa shape index (κ2) is 8.40. The third kappa shape index (κ3) is 6.49. The number of thioether (sulfide) groups is 1. The largest absolute Gasteiger partial charge is 0.383 e. The van der Waals surface area contributed by atoms with E-state index in [2.05, 4.69) is 22.2 Å². The Morgan fingerprint density at radius 1 is 1.38 bits per heavy atom. The molecule has 3 N–H and O–H groups in total. The maximum absolute atomic E-state index is 11.7. The summed E-state index contributed by atoms with van der Waals surface area (Å²) in [6.45, 7) is 2.40. The number of sulfonamides is 1. The van der Waals surface area contributed by atoms with Crippen molar-refractivity contribution >= 4 is 33.4 Å². The zero-order valence-electron chi connectivity index (χ0n) is 12.7. The van der Waals surface area contributed by atoms with Gasteiger partial charge in [0.25, 0.3) is 0 Å². The van der Waals surface area contributed by atoms with E-state index in [0.29, 0.717) is 16.8 Å². The topological polar surface area (TPSA) is 101 Å². The highest BCUT2D eigenvalue weighted by Crippen LogP contribution is 2.18. The monoisotopic (exact) mass is 333 g/mol. The minimum Gasteiger partial charge on any atom is -0.383 e. The minimum absolute atomic E-state index is 0.00220. The summed E-state index contributed by atoms with van der Waals surface area (Å²) in [5.41, 5.74) is 5.74. The summed E-state index contributed by atoms with van der Waals surface area (Å²) >= 11 is 1.55. The molecule has 7 nitrogen and oxygen atoms in total. The van der Waals surface area contributed by atoms with E-state index in [0.717, 1.165) is 18.6 Å². The minimum atomic E-state index is -3.22. The molecular weight excluding hydrogens is 310 g/mol. The molecule has 0 aliphatic carbocycles. The Hall–Kier alpha value is -1.06. The molecule has 0 saturated heterocycles. The van der Waals surface area contributed by atoms with Gasteiger partial charge in [-0.05, 0) is 6.42 Å². The van der Waals surface area contributed by atoms with Crippen LogP contribution in [0.5, 0.6) is 0 Å². The van der Waals surface area contributed by atoms with Crippen molar-refractivity contribution in [3.05, 3.63) is 6.07 Å². The summed E-state index contributed by atoms with van der Waals surface area (Å²) in [5.74, 6) is 1.87. The van der Waals surface area contributed by atoms with Gasteiger partial charge in [0, 0.05) is 32.5 Å². The number of nitrogen functional groups attached to an aromatic ring is 1. The molecule has 0 amide bonds. The Balaban J connectivity index is 2.59. The zero-order chi connectivity index (χ0) is 15.9. The average Bonchev–Trinajstić information content (AvgIpc) is 2.38. The van der Waals surface area contributed by atoms with Crippen LogP contribution in [0.4, 0.5) is 11.6 Å². The average molecular weight is 333 g/mol. The summed E-state index contributed by atoms with van der Waals surface area (Å²) in [4.78, 5) is 8.48. The molecule has 1 aromatic heterocycles. The Bertz CT molecular complexity index is 549. The zero-order valence-corrected chi connectivity index (χ0v) is 14.3. The van der Waals surface area contributed by atoms with Gasteiger partial charge in [0.05, 0.1) is 5.75 Å². The Morgan fingerprint density at radius 2 is 2.10 bits per heavy atom. The third-order valence-corrected chi connectivity index (χ3v) is 5.44. The first-order chi connectivity index (χ1) is 9.85. The highest BCUT2D eigenvalue weighted by atomic mass is 32.2. The molecule has 0 aliphatic heterocycles. The molecule has 9 heteroatoms. The molecule has 0 aliphatic rings. The van der Waals surface area contributed by atoms with E-state index in [1.165, 1.54) is 18.4 Å². The predicted octanol–water partition coefficient (Wildman–Crippen LogP) is 1.25. The number of nitrogens with zero attached hydrogens (tertiary/aromatic N) is 3. The standard InChI is InChI=1S/C12H23N5O2S2/c1-4-5-7-20-12-15-10(13)9-11(16-12)14-6-8-21(18,19)17(2)3/h9H,4-8H2,1-3H3,(H3,13,14,15,16). The van der Waals surface area contributed by atoms with Gasteiger partial charge in [0.1, 0.15) is 11.6 Å². The number of hydrogen-bond donors (Lipinski definition) is 2. The van der Waals surface area contributed by atoms with Crippen molar-refractivity contribution in [3.8, 4) is 0 Å². The van der Waals surface area contributed by atoms with Gasteiger partial charge in [0.2, 0.25) is 10.0 Å². The first kappa shape index (κ1) is 18.0. The van der Waals surface area contributed by atoms with Crippen molar-refractivity contribution in [2.24, 2.45) is 0 Å². The van der Waals surface area contributed by atoms with Gasteiger partial charge in [-0.25, -0.2) is 22.7 Å². The molecule has 1 rings (SSSR count). The van der Waals surface area contributed by atoms with Gasteiger partial charge >= 0.3 is 0 Å². The number of nitrogens with one attached hydrogen (secondary N) is 1. The van der Waals surface area contributed by atoms with Crippen molar-refractivity contribution in [3.63, 3.8) is 0 Å². The van der Waals surface area contributed by atoms with E-state index >= 15 is 0 Å². The van der Waals surface area contributed by atoms with Crippen LogP contribution in [0.3, 0.4) is 0 Å². The number of nitrogens with two attached hydrogens (primary N) is 1. The third-order valence-electron chi connectivity index (χ3n) is 2.68. The number of rotatable bonds is 9. The molecule has 1 heterocycles. The lowest BCUT2D eigenvalue weighted by molar-refractivity contribution is 0.521. The van der Waals surface area contributed by atoms with E-state index in [1.54, 1.807) is 17.8 Å². The Kier molecular flexibility index (Phi) is 7.20. The van der Waals surface area contributed by atoms with Crippen LogP contribution in [-0.4, -0.2) is 54.8 Å². The number of unbranched alkanes of at least 4 members (excludes halogenated alkanes) is 1. The molecule has 0 saturated carbocycles. The van der Waals surface area contributed by atoms with Gasteiger partial charge in [-0.1, -0.05) is 25.1 Å². The summed E-state index contributed by atoms with van der Waals surface area (Å²) in [6.07, 6.45) is 2.20. The molecule has 0 unspecified atom stereocenters. The van der Waals surface area contributed by atoms with Gasteiger partial charge in [-0.15, -0.1) is 0 Å². The molecule has 0 fully saturated rings. The van der Waals surface area contributed by atoms with Crippen molar-refractivity contribution in [2.45, 2.75) is 24.9 Å². The lowest BCUT2D eigenvalue weighted by Gasteiger charge is -2.12. The lowest BCUT2D eigenvalue weighted by atomic mass is 10.4. The summed E-state index contributed by atoms with van der Waals surface area (Å²) in [5, 5.41) is 3.59. The normalized spacial score (nSPS) is 11.8. The van der Waals surface area contributed by atoms with Gasteiger partial charge in [-0.2, -0.15) is 0 Å². The molecule has 0 atom stereocenters. The second-order valence-corrected chi connectivity index (χ2v) is 8.05. The van der Waals surface area contributed by atoms with Crippen LogP contribution in [0.1, 0.15) is 19.8 Å². The highest BCUT2D eigenvalue weighted by molar-refractivity contribution is 7.99. The highest BCUT2D eigenvalue weighted by Gasteiger charge is 2.13. The molecule has 21 heavy (non-hydrogen) atoms. The second-order valence-electron chi connectivity index (χ2n) is 4.69. The summed E-state index contributed by atoms with van der Waals surface area (Å²) < 4.78 is 24.5. The predicted molar refractivity (Wildman–Crippen MR) is 88.0 cm³/mol. The maximum atomic E-state index is 11.7. The molecule has 1 aromatic rings. The van der Waals surface area contributed by atoms with E-state index < -0.39 is 10.0 Å². The fourth-order valence-electron chi connectivity index (χ4n) is 1.40. The fourth-order valence-corrected chi connectivity index (χ4v) is 3.07. The Labute approximate surface area is 130 Å². The maximum Gasteiger partial charge on any atom is 0.215 e. The fraction of sp³-hybridized carbons (Fsp3) is 0.667. The summed E-state index contributed by atoms with van der Waals surface area (Å²) in [6, 6.07) is 1.60. The quantitative estimate of drug-likeness (QED) is 0.398. The molecule has 120 valence electrons. The van der Waals surface area contributed by atoms with Crippen LogP contribution in [0, 0.1) is 0 Å². The molecule has 0 spiro atoms. The SMILES string of the molecule is CCCCSc1nc(N)cc(NCCS(=O)(=O)N(C)C)n1. The molecular formula is C12H23N5O2S2. The summed E-state index contributed by atoms with van der Waals surface area (Å²) in [7, 11) is -0.186. The van der Waals surface area contributed by atoms with Gasteiger partial charge in [0.15, 0.2) is 5.16 Å². The van der Waals surface area contributed by atoms with Crippen molar-refractivity contribution in [1.82, 2.24) is 14.3 Å². The van der Waals surface area contributed by atoms with Crippen molar-refractivity contribution in [1.29, 1.82) is 0 Å². The van der Waals surface area contributed by atoms with Crippen LogP contribution in [0.2, 0.25) is 0 Å². The van der Waals surface area contributed by atoms with Crippen LogP contribution in [-0.2, 0) is 10.0 Å². The van der Waals surface area contributed by atoms with Crippen LogP contribution in [0.15, 0.2) is 11.2 Å². The van der Waals surface area contributed by atoms with Crippen molar-refractivity contribution in [2.75, 3.05) is 43.2 Å². The van der Waals surface area contributed by atoms with Crippen molar-refractivity contribution < 1.29 is 8.42 Å². The number of hydrogen-bond acceptors (Lipinski definition) is 7. The molecule has 0 bridgehead atoms. The lowest BCUT2D eigenvalue weighted by Crippen LogP contribution is -2.28.